The van der Waals surface area contributed by atoms with Crippen molar-refractivity contribution >= 4 is 12.5 Å². The zero-order chi connectivity index (χ0) is 15.1. The second-order valence-electron chi connectivity index (χ2n) is 6.62. The van der Waals surface area contributed by atoms with Crippen LogP contribution < -0.4 is 10.6 Å². The number of nitrogens with one attached hydrogen (secondary N) is 2. The lowest BCUT2D eigenvalue weighted by Crippen LogP contribution is -2.39. The molecule has 2 rings (SSSR count). The van der Waals surface area contributed by atoms with Gasteiger partial charge >= 0.3 is 6.09 Å². The summed E-state index contributed by atoms with van der Waals surface area (Å²) in [5.74, 6) is 1.42. The van der Waals surface area contributed by atoms with Crippen molar-refractivity contribution in [3.05, 3.63) is 0 Å². The van der Waals surface area contributed by atoms with E-state index in [1.807, 2.05) is 0 Å². The molecule has 0 bridgehead atoms. The van der Waals surface area contributed by atoms with E-state index in [1.54, 1.807) is 0 Å². The molecule has 0 aromatic rings. The van der Waals surface area contributed by atoms with Crippen LogP contribution in [0.25, 0.3) is 0 Å². The average molecular weight is 296 g/mol. The van der Waals surface area contributed by atoms with Crippen LogP contribution in [0.5, 0.6) is 0 Å². The predicted octanol–water partition coefficient (Wildman–Crippen LogP) is 2.60. The second-order valence-corrected chi connectivity index (χ2v) is 6.62. The highest BCUT2D eigenvalue weighted by molar-refractivity contribution is 5.67. The van der Waals surface area contributed by atoms with E-state index in [2.05, 4.69) is 15.4 Å². The summed E-state index contributed by atoms with van der Waals surface area (Å²) in [7, 11) is 1.41. The molecule has 0 heterocycles. The van der Waals surface area contributed by atoms with Crippen LogP contribution in [0.2, 0.25) is 0 Å². The first-order chi connectivity index (χ1) is 10.2. The zero-order valence-corrected chi connectivity index (χ0v) is 13.0. The Hall–Kier alpha value is -1.26. The molecular weight excluding hydrogens is 268 g/mol. The highest BCUT2D eigenvalue weighted by atomic mass is 16.5. The highest BCUT2D eigenvalue weighted by Gasteiger charge is 2.28. The topological polar surface area (TPSA) is 67.4 Å². The van der Waals surface area contributed by atoms with Gasteiger partial charge in [-0.2, -0.15) is 0 Å². The van der Waals surface area contributed by atoms with Crippen molar-refractivity contribution in [3.63, 3.8) is 0 Å². The zero-order valence-electron chi connectivity index (χ0n) is 13.0. The van der Waals surface area contributed by atoms with Crippen molar-refractivity contribution in [2.75, 3.05) is 7.11 Å². The smallest absolute Gasteiger partial charge is 0.407 e. The molecule has 120 valence electrons. The fraction of sp³-hybridized carbons (Fsp3) is 0.875. The molecule has 5 heteroatoms. The number of rotatable bonds is 5. The number of ether oxygens (including phenoxy) is 1. The van der Waals surface area contributed by atoms with Crippen molar-refractivity contribution < 1.29 is 14.3 Å². The van der Waals surface area contributed by atoms with Gasteiger partial charge in [-0.15, -0.1) is 0 Å². The molecule has 2 amide bonds. The van der Waals surface area contributed by atoms with Crippen molar-refractivity contribution in [3.8, 4) is 0 Å². The monoisotopic (exact) mass is 296 g/mol. The number of amides is 2. The van der Waals surface area contributed by atoms with Gasteiger partial charge in [0.1, 0.15) is 0 Å². The molecule has 0 saturated heterocycles. The Morgan fingerprint density at radius 1 is 1.10 bits per heavy atom. The summed E-state index contributed by atoms with van der Waals surface area (Å²) in [4.78, 5) is 21.9. The molecule has 2 N–H and O–H groups in total. The Balaban J connectivity index is 1.76. The molecule has 0 aromatic heterocycles. The molecule has 0 spiro atoms. The Labute approximate surface area is 127 Å². The average Bonchev–Trinajstić information content (AvgIpc) is 2.48. The first-order valence-corrected chi connectivity index (χ1v) is 8.25. The molecule has 2 saturated carbocycles. The van der Waals surface area contributed by atoms with Crippen LogP contribution in [-0.2, 0) is 9.53 Å². The molecule has 21 heavy (non-hydrogen) atoms. The number of hydrogen-bond acceptors (Lipinski definition) is 3. The van der Waals surface area contributed by atoms with Gasteiger partial charge in [0, 0.05) is 12.1 Å². The lowest BCUT2D eigenvalue weighted by atomic mass is 9.75. The van der Waals surface area contributed by atoms with E-state index in [0.29, 0.717) is 12.0 Å². The molecule has 2 aliphatic carbocycles. The standard InChI is InChI=1S/C16H28N2O3/c1-21-16(20)18-15-7-3-5-13(10-15)8-12-4-2-6-14(9-12)17-11-19/h11-15H,2-10H2,1H3,(H,17,19)(H,18,20). The van der Waals surface area contributed by atoms with E-state index in [9.17, 15) is 9.59 Å². The van der Waals surface area contributed by atoms with Crippen LogP contribution in [0.4, 0.5) is 4.79 Å². The fourth-order valence-corrected chi connectivity index (χ4v) is 4.09. The maximum atomic E-state index is 11.3. The summed E-state index contributed by atoms with van der Waals surface area (Å²) in [6.07, 6.45) is 11.1. The Bertz CT molecular complexity index is 348. The summed E-state index contributed by atoms with van der Waals surface area (Å²) in [6.45, 7) is 0. The quantitative estimate of drug-likeness (QED) is 0.766. The fourth-order valence-electron chi connectivity index (χ4n) is 4.09. The van der Waals surface area contributed by atoms with E-state index in [4.69, 9.17) is 0 Å². The van der Waals surface area contributed by atoms with Crippen LogP contribution in [0.15, 0.2) is 0 Å². The van der Waals surface area contributed by atoms with Crippen molar-refractivity contribution in [1.82, 2.24) is 10.6 Å². The maximum Gasteiger partial charge on any atom is 0.407 e. The largest absolute Gasteiger partial charge is 0.453 e. The summed E-state index contributed by atoms with van der Waals surface area (Å²) in [6, 6.07) is 0.637. The molecule has 4 unspecified atom stereocenters. The second kappa shape index (κ2) is 8.25. The lowest BCUT2D eigenvalue weighted by Gasteiger charge is -2.35. The van der Waals surface area contributed by atoms with Crippen molar-refractivity contribution in [2.24, 2.45) is 11.8 Å². The summed E-state index contributed by atoms with van der Waals surface area (Å²) < 4.78 is 4.69. The third-order valence-electron chi connectivity index (χ3n) is 5.04. The minimum Gasteiger partial charge on any atom is -0.453 e. The van der Waals surface area contributed by atoms with Crippen LogP contribution in [-0.4, -0.2) is 31.7 Å². The van der Waals surface area contributed by atoms with Crippen molar-refractivity contribution in [2.45, 2.75) is 69.9 Å². The van der Waals surface area contributed by atoms with Crippen molar-refractivity contribution in [1.29, 1.82) is 0 Å². The van der Waals surface area contributed by atoms with Gasteiger partial charge < -0.3 is 15.4 Å². The third kappa shape index (κ3) is 5.21. The lowest BCUT2D eigenvalue weighted by molar-refractivity contribution is -0.110. The van der Waals surface area contributed by atoms with Gasteiger partial charge in [-0.05, 0) is 43.9 Å². The van der Waals surface area contributed by atoms with Crippen LogP contribution in [0, 0.1) is 11.8 Å². The summed E-state index contributed by atoms with van der Waals surface area (Å²) in [5.41, 5.74) is 0. The molecule has 4 atom stereocenters. The highest BCUT2D eigenvalue weighted by Crippen LogP contribution is 2.35. The van der Waals surface area contributed by atoms with E-state index >= 15 is 0 Å². The number of methoxy groups -OCH3 is 1. The molecule has 0 aliphatic heterocycles. The number of hydrogen-bond donors (Lipinski definition) is 2. The Morgan fingerprint density at radius 2 is 1.71 bits per heavy atom. The molecule has 2 fully saturated rings. The van der Waals surface area contributed by atoms with E-state index < -0.39 is 0 Å². The van der Waals surface area contributed by atoms with Gasteiger partial charge in [-0.25, -0.2) is 4.79 Å². The SMILES string of the molecule is COC(=O)NC1CCCC(CC2CCCC(NC=O)C2)C1. The molecule has 0 aromatic carbocycles. The van der Waals surface area contributed by atoms with Crippen LogP contribution >= 0.6 is 0 Å². The van der Waals surface area contributed by atoms with Gasteiger partial charge in [-0.3, -0.25) is 4.79 Å². The molecule has 5 nitrogen and oxygen atoms in total. The summed E-state index contributed by atoms with van der Waals surface area (Å²) >= 11 is 0. The van der Waals surface area contributed by atoms with Gasteiger partial charge in [0.05, 0.1) is 7.11 Å². The predicted molar refractivity (Wildman–Crippen MR) is 80.8 cm³/mol. The maximum absolute atomic E-state index is 11.3. The minimum absolute atomic E-state index is 0.267. The van der Waals surface area contributed by atoms with Gasteiger partial charge in [0.25, 0.3) is 0 Å². The van der Waals surface area contributed by atoms with E-state index in [-0.39, 0.29) is 12.1 Å². The molecule has 0 radical (unpaired) electrons. The number of alkyl carbamates (subject to hydrolysis) is 1. The Kier molecular flexibility index (Phi) is 6.33. The number of carbonyl (C=O) groups excluding carboxylic acids is 2. The number of carbonyl (C=O) groups is 2. The third-order valence-corrected chi connectivity index (χ3v) is 5.04. The van der Waals surface area contributed by atoms with Gasteiger partial charge in [0.2, 0.25) is 6.41 Å². The molecule has 2 aliphatic rings. The first kappa shape index (κ1) is 16.1. The minimum atomic E-state index is -0.312. The van der Waals surface area contributed by atoms with Gasteiger partial charge in [0.15, 0.2) is 0 Å². The summed E-state index contributed by atoms with van der Waals surface area (Å²) in [5, 5.41) is 5.89. The van der Waals surface area contributed by atoms with Crippen LogP contribution in [0.1, 0.15) is 57.8 Å². The van der Waals surface area contributed by atoms with E-state index in [0.717, 1.165) is 38.0 Å². The van der Waals surface area contributed by atoms with Crippen LogP contribution in [0.3, 0.4) is 0 Å². The molecular formula is C16H28N2O3. The Morgan fingerprint density at radius 3 is 2.33 bits per heavy atom. The first-order valence-electron chi connectivity index (χ1n) is 8.25. The normalized spacial score (nSPS) is 33.0. The van der Waals surface area contributed by atoms with E-state index in [1.165, 1.54) is 39.2 Å². The van der Waals surface area contributed by atoms with Gasteiger partial charge in [-0.1, -0.05) is 25.7 Å².